The van der Waals surface area contributed by atoms with Crippen molar-refractivity contribution < 1.29 is 0 Å². The lowest BCUT2D eigenvalue weighted by molar-refractivity contribution is -0.0881. The van der Waals surface area contributed by atoms with Gasteiger partial charge in [-0.1, -0.05) is 30.3 Å². The van der Waals surface area contributed by atoms with Crippen LogP contribution in [0.25, 0.3) is 0 Å². The summed E-state index contributed by atoms with van der Waals surface area (Å²) in [6.45, 7) is 3.81. The number of hydrogen-bond donors (Lipinski definition) is 1. The van der Waals surface area contributed by atoms with E-state index in [0.29, 0.717) is 16.9 Å². The fraction of sp³-hybridized carbons (Fsp3) is 0.727. The first-order valence-corrected chi connectivity index (χ1v) is 10.2. The molecule has 6 rings (SSSR count). The molecule has 24 heavy (non-hydrogen) atoms. The Hall–Kier alpha value is -0.860. The average Bonchev–Trinajstić information content (AvgIpc) is 2.56. The maximum atomic E-state index is 6.13. The topological polar surface area (TPSA) is 29.3 Å². The third-order valence-corrected chi connectivity index (χ3v) is 7.76. The second-order valence-corrected chi connectivity index (χ2v) is 9.72. The second kappa shape index (κ2) is 5.57. The molecule has 0 spiro atoms. The molecule has 1 heterocycles. The van der Waals surface area contributed by atoms with Crippen LogP contribution >= 0.6 is 0 Å². The lowest BCUT2D eigenvalue weighted by atomic mass is 9.43. The zero-order valence-electron chi connectivity index (χ0n) is 14.9. The van der Waals surface area contributed by atoms with E-state index in [9.17, 15) is 0 Å². The lowest BCUT2D eigenvalue weighted by Crippen LogP contribution is -2.58. The predicted molar refractivity (Wildman–Crippen MR) is 98.9 cm³/mol. The monoisotopic (exact) mass is 324 g/mol. The minimum atomic E-state index is 0.452. The normalized spacial score (nSPS) is 42.5. The highest BCUT2D eigenvalue weighted by Gasteiger charge is 2.58. The van der Waals surface area contributed by atoms with Crippen LogP contribution < -0.4 is 5.73 Å². The summed E-state index contributed by atoms with van der Waals surface area (Å²) in [5, 5.41) is 0. The molecule has 1 aromatic rings. The molecule has 2 N–H and O–H groups in total. The fourth-order valence-electron chi connectivity index (χ4n) is 7.35. The number of nitrogens with two attached hydrogens (primary N) is 1. The average molecular weight is 325 g/mol. The largest absolute Gasteiger partial charge is 0.328 e. The molecule has 2 unspecified atom stereocenters. The molecule has 130 valence electrons. The van der Waals surface area contributed by atoms with Crippen LogP contribution in [0.5, 0.6) is 0 Å². The molecule has 2 heteroatoms. The molecule has 0 radical (unpaired) electrons. The number of piperidine rings is 1. The van der Waals surface area contributed by atoms with Crippen LogP contribution in [-0.4, -0.2) is 30.6 Å². The van der Waals surface area contributed by atoms with Crippen molar-refractivity contribution in [3.8, 4) is 0 Å². The van der Waals surface area contributed by atoms with Crippen molar-refractivity contribution in [1.82, 2.24) is 4.90 Å². The quantitative estimate of drug-likeness (QED) is 0.912. The van der Waals surface area contributed by atoms with Crippen LogP contribution in [0.1, 0.15) is 56.9 Å². The predicted octanol–water partition coefficient (Wildman–Crippen LogP) is 3.95. The number of hydrogen-bond acceptors (Lipinski definition) is 2. The van der Waals surface area contributed by atoms with Crippen molar-refractivity contribution in [2.24, 2.45) is 23.0 Å². The van der Waals surface area contributed by atoms with Crippen LogP contribution in [0.4, 0.5) is 0 Å². The maximum absolute atomic E-state index is 6.13. The van der Waals surface area contributed by atoms with Crippen LogP contribution in [-0.2, 0) is 5.41 Å². The fourth-order valence-corrected chi connectivity index (χ4v) is 7.35. The molecule has 1 aromatic carbocycles. The molecule has 2 atom stereocenters. The van der Waals surface area contributed by atoms with Gasteiger partial charge in [-0.05, 0) is 92.7 Å². The Morgan fingerprint density at radius 2 is 1.62 bits per heavy atom. The summed E-state index contributed by atoms with van der Waals surface area (Å²) in [6, 6.07) is 12.0. The van der Waals surface area contributed by atoms with Crippen molar-refractivity contribution >= 4 is 0 Å². The smallest absolute Gasteiger partial charge is 0.00631 e. The summed E-state index contributed by atoms with van der Waals surface area (Å²) in [6.07, 6.45) is 11.3. The van der Waals surface area contributed by atoms with Crippen molar-refractivity contribution in [3.63, 3.8) is 0 Å². The number of rotatable bonds is 3. The maximum Gasteiger partial charge on any atom is 0.00631 e. The highest BCUT2D eigenvalue weighted by molar-refractivity contribution is 5.30. The molecule has 4 aliphatic carbocycles. The first-order chi connectivity index (χ1) is 11.6. The van der Waals surface area contributed by atoms with Gasteiger partial charge in [0.15, 0.2) is 0 Å². The van der Waals surface area contributed by atoms with Crippen molar-refractivity contribution in [2.75, 3.05) is 19.6 Å². The minimum absolute atomic E-state index is 0.452. The first kappa shape index (κ1) is 15.4. The molecule has 5 aliphatic rings. The van der Waals surface area contributed by atoms with E-state index in [1.54, 1.807) is 5.56 Å². The number of likely N-dealkylation sites (tertiary alicyclic amines) is 1. The zero-order chi connectivity index (χ0) is 16.2. The van der Waals surface area contributed by atoms with E-state index >= 15 is 0 Å². The van der Waals surface area contributed by atoms with E-state index in [1.165, 1.54) is 71.0 Å². The van der Waals surface area contributed by atoms with Gasteiger partial charge >= 0.3 is 0 Å². The van der Waals surface area contributed by atoms with E-state index in [2.05, 4.69) is 35.2 Å². The van der Waals surface area contributed by atoms with Gasteiger partial charge < -0.3 is 10.6 Å². The second-order valence-electron chi connectivity index (χ2n) is 9.72. The highest BCUT2D eigenvalue weighted by Crippen LogP contribution is 2.65. The van der Waals surface area contributed by atoms with Crippen molar-refractivity contribution in [1.29, 1.82) is 0 Å². The van der Waals surface area contributed by atoms with Gasteiger partial charge in [0.25, 0.3) is 0 Å². The summed E-state index contributed by atoms with van der Waals surface area (Å²) in [5.74, 6) is 1.97. The van der Waals surface area contributed by atoms with Crippen LogP contribution in [0, 0.1) is 17.3 Å². The van der Waals surface area contributed by atoms with E-state index in [4.69, 9.17) is 5.73 Å². The van der Waals surface area contributed by atoms with Gasteiger partial charge in [0.05, 0.1) is 0 Å². The zero-order valence-corrected chi connectivity index (χ0v) is 14.9. The van der Waals surface area contributed by atoms with E-state index in [0.717, 1.165) is 11.8 Å². The summed E-state index contributed by atoms with van der Waals surface area (Å²) < 4.78 is 0. The van der Waals surface area contributed by atoms with Gasteiger partial charge in [0.2, 0.25) is 0 Å². The summed E-state index contributed by atoms with van der Waals surface area (Å²) in [5.41, 5.74) is 8.87. The molecule has 0 amide bonds. The molecule has 5 fully saturated rings. The molecule has 1 aliphatic heterocycles. The van der Waals surface area contributed by atoms with Gasteiger partial charge in [-0.2, -0.15) is 0 Å². The Morgan fingerprint density at radius 3 is 2.29 bits per heavy atom. The molecule has 4 saturated carbocycles. The molecular formula is C22H32N2. The van der Waals surface area contributed by atoms with Gasteiger partial charge in [-0.3, -0.25) is 0 Å². The molecule has 2 nitrogen and oxygen atoms in total. The minimum Gasteiger partial charge on any atom is -0.328 e. The van der Waals surface area contributed by atoms with Gasteiger partial charge in [0.1, 0.15) is 0 Å². The summed E-state index contributed by atoms with van der Waals surface area (Å²) in [7, 11) is 0. The van der Waals surface area contributed by atoms with Gasteiger partial charge in [-0.25, -0.2) is 0 Å². The number of benzene rings is 1. The Kier molecular flexibility index (Phi) is 3.58. The standard InChI is InChI=1S/C22H32N2/c23-20-6-8-24(9-7-20)16-21-11-17-10-18(12-21)14-22(13-17,15-21)19-4-2-1-3-5-19/h1-5,17-18,20H,6-16,23H2. The Balaban J connectivity index is 1.41. The van der Waals surface area contributed by atoms with E-state index in [-0.39, 0.29) is 0 Å². The summed E-state index contributed by atoms with van der Waals surface area (Å²) >= 11 is 0. The third-order valence-electron chi connectivity index (χ3n) is 7.76. The van der Waals surface area contributed by atoms with Crippen molar-refractivity contribution in [2.45, 2.75) is 62.8 Å². The Morgan fingerprint density at radius 1 is 0.958 bits per heavy atom. The first-order valence-electron chi connectivity index (χ1n) is 10.2. The number of nitrogens with zero attached hydrogens (tertiary/aromatic N) is 1. The highest BCUT2D eigenvalue weighted by atomic mass is 15.1. The molecule has 1 saturated heterocycles. The lowest BCUT2D eigenvalue weighted by Gasteiger charge is -2.63. The van der Waals surface area contributed by atoms with E-state index in [1.807, 2.05) is 0 Å². The molecule has 4 bridgehead atoms. The third kappa shape index (κ3) is 2.54. The SMILES string of the molecule is NC1CCN(CC23CC4CC(C2)CC(c2ccccc2)(C4)C3)CC1. The van der Waals surface area contributed by atoms with Crippen LogP contribution in [0.15, 0.2) is 30.3 Å². The Bertz CT molecular complexity index is 573. The van der Waals surface area contributed by atoms with Crippen LogP contribution in [0.2, 0.25) is 0 Å². The Labute approximate surface area is 146 Å². The molecular weight excluding hydrogens is 292 g/mol. The van der Waals surface area contributed by atoms with Gasteiger partial charge in [-0.15, -0.1) is 0 Å². The van der Waals surface area contributed by atoms with Crippen molar-refractivity contribution in [3.05, 3.63) is 35.9 Å². The van der Waals surface area contributed by atoms with Crippen LogP contribution in [0.3, 0.4) is 0 Å². The summed E-state index contributed by atoms with van der Waals surface area (Å²) in [4.78, 5) is 2.76. The van der Waals surface area contributed by atoms with Gasteiger partial charge in [0, 0.05) is 12.6 Å². The molecule has 0 aromatic heterocycles. The van der Waals surface area contributed by atoms with E-state index < -0.39 is 0 Å².